The third-order valence-electron chi connectivity index (χ3n) is 3.96. The number of benzene rings is 1. The van der Waals surface area contributed by atoms with Crippen LogP contribution in [0, 0.1) is 6.92 Å². The molecule has 0 radical (unpaired) electrons. The molecule has 1 unspecified atom stereocenters. The van der Waals surface area contributed by atoms with Crippen molar-refractivity contribution in [1.29, 1.82) is 0 Å². The summed E-state index contributed by atoms with van der Waals surface area (Å²) >= 11 is 0. The maximum absolute atomic E-state index is 12.5. The van der Waals surface area contributed by atoms with Crippen molar-refractivity contribution in [3.8, 4) is 0 Å². The number of pyridine rings is 1. The monoisotopic (exact) mass is 269 g/mol. The smallest absolute Gasteiger partial charge is 0.244 e. The highest BCUT2D eigenvalue weighted by atomic mass is 16.2. The fraction of sp³-hybridized carbons (Fsp3) is 0.375. The quantitative estimate of drug-likeness (QED) is 0.881. The Morgan fingerprint density at radius 3 is 2.95 bits per heavy atom. The van der Waals surface area contributed by atoms with Gasteiger partial charge in [-0.1, -0.05) is 18.2 Å². The fourth-order valence-corrected chi connectivity index (χ4v) is 2.76. The zero-order chi connectivity index (χ0) is 14.2. The standard InChI is InChI=1S/C16H19N3O/c1-11-10-14(12-6-3-4-7-13(12)18-11)19-15(20)16(2)8-5-9-17-16/h3-4,6-7,10,17H,5,8-9H2,1-2H3,(H,18,19,20). The van der Waals surface area contributed by atoms with E-state index in [1.165, 1.54) is 0 Å². The molecule has 4 nitrogen and oxygen atoms in total. The number of hydrogen-bond acceptors (Lipinski definition) is 3. The van der Waals surface area contributed by atoms with Crippen LogP contribution in [0.25, 0.3) is 10.9 Å². The highest BCUT2D eigenvalue weighted by Gasteiger charge is 2.36. The third-order valence-corrected chi connectivity index (χ3v) is 3.96. The van der Waals surface area contributed by atoms with Gasteiger partial charge in [-0.15, -0.1) is 0 Å². The molecule has 0 spiro atoms. The van der Waals surface area contributed by atoms with Crippen molar-refractivity contribution in [1.82, 2.24) is 10.3 Å². The number of anilines is 1. The molecule has 2 aromatic rings. The van der Waals surface area contributed by atoms with Gasteiger partial charge in [-0.25, -0.2) is 0 Å². The first-order chi connectivity index (χ1) is 9.58. The lowest BCUT2D eigenvalue weighted by Gasteiger charge is -2.23. The molecule has 20 heavy (non-hydrogen) atoms. The number of para-hydroxylation sites is 1. The summed E-state index contributed by atoms with van der Waals surface area (Å²) in [5.41, 5.74) is 2.20. The Hall–Kier alpha value is -1.94. The number of nitrogens with one attached hydrogen (secondary N) is 2. The zero-order valence-corrected chi connectivity index (χ0v) is 11.9. The molecule has 0 bridgehead atoms. The summed E-state index contributed by atoms with van der Waals surface area (Å²) in [7, 11) is 0. The highest BCUT2D eigenvalue weighted by Crippen LogP contribution is 2.26. The molecule has 1 aromatic carbocycles. The van der Waals surface area contributed by atoms with Gasteiger partial charge in [-0.2, -0.15) is 0 Å². The molecule has 0 saturated carbocycles. The average Bonchev–Trinajstić information content (AvgIpc) is 2.87. The van der Waals surface area contributed by atoms with Crippen LogP contribution in [0.5, 0.6) is 0 Å². The zero-order valence-electron chi connectivity index (χ0n) is 11.9. The lowest BCUT2D eigenvalue weighted by atomic mass is 9.99. The van der Waals surface area contributed by atoms with Crippen LogP contribution in [0.4, 0.5) is 5.69 Å². The second-order valence-electron chi connectivity index (χ2n) is 5.64. The molecule has 2 N–H and O–H groups in total. The first-order valence-electron chi connectivity index (χ1n) is 7.01. The predicted octanol–water partition coefficient (Wildman–Crippen LogP) is 2.62. The summed E-state index contributed by atoms with van der Waals surface area (Å²) in [5.74, 6) is 0.0331. The van der Waals surface area contributed by atoms with E-state index in [2.05, 4.69) is 15.6 Å². The molecule has 1 saturated heterocycles. The first kappa shape index (κ1) is 13.1. The van der Waals surface area contributed by atoms with Crippen molar-refractivity contribution in [2.75, 3.05) is 11.9 Å². The molecule has 0 aliphatic carbocycles. The van der Waals surface area contributed by atoms with E-state index in [0.717, 1.165) is 41.7 Å². The van der Waals surface area contributed by atoms with Gasteiger partial charge in [0.25, 0.3) is 0 Å². The molecule has 1 fully saturated rings. The average molecular weight is 269 g/mol. The Morgan fingerprint density at radius 2 is 2.20 bits per heavy atom. The molecule has 1 aliphatic rings. The predicted molar refractivity (Wildman–Crippen MR) is 80.8 cm³/mol. The largest absolute Gasteiger partial charge is 0.324 e. The van der Waals surface area contributed by atoms with Crippen molar-refractivity contribution in [2.45, 2.75) is 32.2 Å². The SMILES string of the molecule is Cc1cc(NC(=O)C2(C)CCCN2)c2ccccc2n1. The number of carbonyl (C=O) groups excluding carboxylic acids is 1. The van der Waals surface area contributed by atoms with E-state index in [-0.39, 0.29) is 5.91 Å². The lowest BCUT2D eigenvalue weighted by Crippen LogP contribution is -2.48. The second-order valence-corrected chi connectivity index (χ2v) is 5.64. The van der Waals surface area contributed by atoms with E-state index >= 15 is 0 Å². The molecule has 1 aromatic heterocycles. The van der Waals surface area contributed by atoms with Gasteiger partial charge in [0.2, 0.25) is 5.91 Å². The van der Waals surface area contributed by atoms with Gasteiger partial charge in [-0.05, 0) is 45.4 Å². The number of aromatic nitrogens is 1. The van der Waals surface area contributed by atoms with Crippen molar-refractivity contribution in [3.63, 3.8) is 0 Å². The van der Waals surface area contributed by atoms with Crippen LogP contribution in [0.3, 0.4) is 0 Å². The van der Waals surface area contributed by atoms with Crippen molar-refractivity contribution >= 4 is 22.5 Å². The minimum atomic E-state index is -0.460. The fourth-order valence-electron chi connectivity index (χ4n) is 2.76. The molecular formula is C16H19N3O. The Morgan fingerprint density at radius 1 is 1.40 bits per heavy atom. The summed E-state index contributed by atoms with van der Waals surface area (Å²) < 4.78 is 0. The van der Waals surface area contributed by atoms with Crippen LogP contribution in [-0.4, -0.2) is 23.0 Å². The van der Waals surface area contributed by atoms with Crippen molar-refractivity contribution in [3.05, 3.63) is 36.0 Å². The number of amides is 1. The Bertz CT molecular complexity index is 660. The van der Waals surface area contributed by atoms with Gasteiger partial charge < -0.3 is 10.6 Å². The molecule has 4 heteroatoms. The molecule has 1 aliphatic heterocycles. The van der Waals surface area contributed by atoms with E-state index < -0.39 is 5.54 Å². The van der Waals surface area contributed by atoms with Crippen molar-refractivity contribution in [2.24, 2.45) is 0 Å². The van der Waals surface area contributed by atoms with Gasteiger partial charge >= 0.3 is 0 Å². The minimum Gasteiger partial charge on any atom is -0.324 e. The van der Waals surface area contributed by atoms with Crippen LogP contribution in [0.15, 0.2) is 30.3 Å². The number of hydrogen-bond donors (Lipinski definition) is 2. The lowest BCUT2D eigenvalue weighted by molar-refractivity contribution is -0.121. The molecule has 1 amide bonds. The molecule has 3 rings (SSSR count). The molecular weight excluding hydrogens is 250 g/mol. The van der Waals surface area contributed by atoms with E-state index in [1.807, 2.05) is 44.2 Å². The Labute approximate surface area is 118 Å². The number of nitrogens with zero attached hydrogens (tertiary/aromatic N) is 1. The van der Waals surface area contributed by atoms with Crippen LogP contribution >= 0.6 is 0 Å². The van der Waals surface area contributed by atoms with Crippen LogP contribution in [0.2, 0.25) is 0 Å². The summed E-state index contributed by atoms with van der Waals surface area (Å²) in [6.45, 7) is 4.81. The first-order valence-corrected chi connectivity index (χ1v) is 7.01. The summed E-state index contributed by atoms with van der Waals surface area (Å²) in [4.78, 5) is 17.0. The topological polar surface area (TPSA) is 54.0 Å². The summed E-state index contributed by atoms with van der Waals surface area (Å²) in [6.07, 6.45) is 1.92. The number of aryl methyl sites for hydroxylation is 1. The molecule has 2 heterocycles. The normalized spacial score (nSPS) is 22.1. The number of carbonyl (C=O) groups is 1. The van der Waals surface area contributed by atoms with Crippen LogP contribution in [-0.2, 0) is 4.79 Å². The highest BCUT2D eigenvalue weighted by molar-refractivity contribution is 6.04. The number of fused-ring (bicyclic) bond motifs is 1. The molecule has 104 valence electrons. The van der Waals surface area contributed by atoms with Gasteiger partial charge in [0.05, 0.1) is 16.7 Å². The van der Waals surface area contributed by atoms with Gasteiger partial charge in [0.15, 0.2) is 0 Å². The van der Waals surface area contributed by atoms with E-state index in [1.54, 1.807) is 0 Å². The number of rotatable bonds is 2. The third kappa shape index (κ3) is 2.27. The maximum Gasteiger partial charge on any atom is 0.244 e. The van der Waals surface area contributed by atoms with E-state index in [4.69, 9.17) is 0 Å². The van der Waals surface area contributed by atoms with E-state index in [9.17, 15) is 4.79 Å². The maximum atomic E-state index is 12.5. The van der Waals surface area contributed by atoms with Crippen LogP contribution in [0.1, 0.15) is 25.5 Å². The van der Waals surface area contributed by atoms with Gasteiger partial charge in [-0.3, -0.25) is 9.78 Å². The minimum absolute atomic E-state index is 0.0331. The van der Waals surface area contributed by atoms with Crippen LogP contribution < -0.4 is 10.6 Å². The van der Waals surface area contributed by atoms with Crippen molar-refractivity contribution < 1.29 is 4.79 Å². The second kappa shape index (κ2) is 4.87. The van der Waals surface area contributed by atoms with Gasteiger partial charge in [0, 0.05) is 11.1 Å². The molecule has 1 atom stereocenters. The Balaban J connectivity index is 1.96. The Kier molecular flexibility index (Phi) is 3.18. The van der Waals surface area contributed by atoms with E-state index in [0.29, 0.717) is 0 Å². The summed E-state index contributed by atoms with van der Waals surface area (Å²) in [6, 6.07) is 9.80. The van der Waals surface area contributed by atoms with Gasteiger partial charge in [0.1, 0.15) is 0 Å². The summed E-state index contributed by atoms with van der Waals surface area (Å²) in [5, 5.41) is 7.33.